The molecule has 0 aliphatic rings. The molecule has 96 valence electrons. The van der Waals surface area contributed by atoms with Crippen molar-refractivity contribution in [2.45, 2.75) is 0 Å². The van der Waals surface area contributed by atoms with Gasteiger partial charge < -0.3 is 16.0 Å². The first kappa shape index (κ1) is 12.3. The highest BCUT2D eigenvalue weighted by Gasteiger charge is 2.06. The summed E-state index contributed by atoms with van der Waals surface area (Å²) in [4.78, 5) is 7.58. The highest BCUT2D eigenvalue weighted by atomic mass is 79.9. The molecule has 0 aliphatic carbocycles. The number of hydrogen-bond acceptors (Lipinski definition) is 3. The molecule has 0 saturated heterocycles. The van der Waals surface area contributed by atoms with E-state index < -0.39 is 0 Å². The number of fused-ring (bicyclic) bond motifs is 1. The molecule has 0 spiro atoms. The highest BCUT2D eigenvalue weighted by Crippen LogP contribution is 2.28. The largest absolute Gasteiger partial charge is 0.399 e. The number of nitrogens with zero attached hydrogens (tertiary/aromatic N) is 1. The van der Waals surface area contributed by atoms with Crippen molar-refractivity contribution in [2.75, 3.05) is 11.1 Å². The molecule has 0 aliphatic heterocycles. The maximum atomic E-state index is 6.13. The second-order valence-electron chi connectivity index (χ2n) is 4.11. The smallest absolute Gasteiger partial charge is 0.205 e. The SMILES string of the molecule is Nc1ccc2nc(Nc3cc(Br)ccc3Cl)[nH]c2c1. The molecule has 1 aromatic heterocycles. The lowest BCUT2D eigenvalue weighted by molar-refractivity contribution is 1.31. The Labute approximate surface area is 123 Å². The van der Waals surface area contributed by atoms with E-state index >= 15 is 0 Å². The Kier molecular flexibility index (Phi) is 3.08. The fraction of sp³-hybridized carbons (Fsp3) is 0. The van der Waals surface area contributed by atoms with Crippen molar-refractivity contribution in [3.63, 3.8) is 0 Å². The van der Waals surface area contributed by atoms with Crippen LogP contribution in [0, 0.1) is 0 Å². The fourth-order valence-corrected chi connectivity index (χ4v) is 2.33. The summed E-state index contributed by atoms with van der Waals surface area (Å²) in [6, 6.07) is 11.1. The Morgan fingerprint density at radius 1 is 1.21 bits per heavy atom. The zero-order valence-corrected chi connectivity index (χ0v) is 12.1. The van der Waals surface area contributed by atoms with Crippen LogP contribution in [0.15, 0.2) is 40.9 Å². The van der Waals surface area contributed by atoms with Crippen LogP contribution in [-0.2, 0) is 0 Å². The molecule has 0 bridgehead atoms. The van der Waals surface area contributed by atoms with Crippen LogP contribution in [0.5, 0.6) is 0 Å². The van der Waals surface area contributed by atoms with Crippen LogP contribution in [0.2, 0.25) is 5.02 Å². The minimum absolute atomic E-state index is 0.626. The van der Waals surface area contributed by atoms with Gasteiger partial charge in [-0.25, -0.2) is 4.98 Å². The summed E-state index contributed by atoms with van der Waals surface area (Å²) in [5.41, 5.74) is 8.95. The van der Waals surface area contributed by atoms with Crippen LogP contribution in [0.25, 0.3) is 11.0 Å². The Hall–Kier alpha value is -1.72. The van der Waals surface area contributed by atoms with E-state index in [1.807, 2.05) is 36.4 Å². The molecule has 0 atom stereocenters. The fourth-order valence-electron chi connectivity index (χ4n) is 1.81. The van der Waals surface area contributed by atoms with E-state index in [4.69, 9.17) is 17.3 Å². The average Bonchev–Trinajstić information content (AvgIpc) is 2.75. The van der Waals surface area contributed by atoms with Gasteiger partial charge in [-0.05, 0) is 36.4 Å². The molecule has 3 aromatic rings. The lowest BCUT2D eigenvalue weighted by Crippen LogP contribution is -1.93. The Balaban J connectivity index is 1.98. The van der Waals surface area contributed by atoms with Gasteiger partial charge in [-0.3, -0.25) is 0 Å². The summed E-state index contributed by atoms with van der Waals surface area (Å²) in [5.74, 6) is 0.626. The summed E-state index contributed by atoms with van der Waals surface area (Å²) < 4.78 is 0.944. The van der Waals surface area contributed by atoms with Gasteiger partial charge in [-0.2, -0.15) is 0 Å². The first-order valence-corrected chi connectivity index (χ1v) is 6.76. The first-order chi connectivity index (χ1) is 9.11. The molecular weight excluding hydrogens is 328 g/mol. The second-order valence-corrected chi connectivity index (χ2v) is 5.43. The van der Waals surface area contributed by atoms with Gasteiger partial charge in [0.15, 0.2) is 0 Å². The van der Waals surface area contributed by atoms with Crippen molar-refractivity contribution in [3.8, 4) is 0 Å². The minimum atomic E-state index is 0.626. The Morgan fingerprint density at radius 2 is 2.05 bits per heavy atom. The number of hydrogen-bond donors (Lipinski definition) is 3. The van der Waals surface area contributed by atoms with Gasteiger partial charge in [0.1, 0.15) is 0 Å². The molecule has 0 radical (unpaired) electrons. The average molecular weight is 338 g/mol. The third kappa shape index (κ3) is 2.52. The Bertz CT molecular complexity index is 753. The zero-order chi connectivity index (χ0) is 13.4. The number of nitrogen functional groups attached to an aromatic ring is 1. The predicted octanol–water partition coefficient (Wildman–Crippen LogP) is 4.30. The molecule has 0 fully saturated rings. The predicted molar refractivity (Wildman–Crippen MR) is 82.9 cm³/mol. The number of anilines is 3. The molecule has 2 aromatic carbocycles. The standard InChI is InChI=1S/C13H10BrClN4/c14-7-1-3-9(15)11(5-7)18-13-17-10-4-2-8(16)6-12(10)19-13/h1-6H,16H2,(H2,17,18,19). The number of nitrogens with one attached hydrogen (secondary N) is 2. The zero-order valence-electron chi connectivity index (χ0n) is 9.74. The van der Waals surface area contributed by atoms with E-state index in [2.05, 4.69) is 31.2 Å². The number of aromatic amines is 1. The number of imidazole rings is 1. The van der Waals surface area contributed by atoms with Gasteiger partial charge in [-0.15, -0.1) is 0 Å². The van der Waals surface area contributed by atoms with E-state index in [0.29, 0.717) is 16.7 Å². The molecule has 6 heteroatoms. The van der Waals surface area contributed by atoms with E-state index in [0.717, 1.165) is 21.2 Å². The van der Waals surface area contributed by atoms with Crippen molar-refractivity contribution in [1.29, 1.82) is 0 Å². The Morgan fingerprint density at radius 3 is 2.89 bits per heavy atom. The van der Waals surface area contributed by atoms with Gasteiger partial charge in [0.2, 0.25) is 5.95 Å². The third-order valence-electron chi connectivity index (χ3n) is 2.69. The number of nitrogens with two attached hydrogens (primary N) is 1. The van der Waals surface area contributed by atoms with Crippen molar-refractivity contribution < 1.29 is 0 Å². The second kappa shape index (κ2) is 4.75. The van der Waals surface area contributed by atoms with Crippen molar-refractivity contribution in [3.05, 3.63) is 45.9 Å². The first-order valence-electron chi connectivity index (χ1n) is 5.59. The minimum Gasteiger partial charge on any atom is -0.399 e. The third-order valence-corrected chi connectivity index (χ3v) is 3.51. The molecule has 4 N–H and O–H groups in total. The molecule has 0 unspecified atom stereocenters. The van der Waals surface area contributed by atoms with E-state index in [-0.39, 0.29) is 0 Å². The molecule has 19 heavy (non-hydrogen) atoms. The van der Waals surface area contributed by atoms with E-state index in [9.17, 15) is 0 Å². The maximum Gasteiger partial charge on any atom is 0.205 e. The van der Waals surface area contributed by atoms with Crippen LogP contribution in [0.1, 0.15) is 0 Å². The van der Waals surface area contributed by atoms with Crippen LogP contribution in [-0.4, -0.2) is 9.97 Å². The topological polar surface area (TPSA) is 66.7 Å². The summed E-state index contributed by atoms with van der Waals surface area (Å²) in [6.07, 6.45) is 0. The molecule has 3 rings (SSSR count). The highest BCUT2D eigenvalue weighted by molar-refractivity contribution is 9.10. The number of halogens is 2. The van der Waals surface area contributed by atoms with Crippen LogP contribution in [0.3, 0.4) is 0 Å². The summed E-state index contributed by atoms with van der Waals surface area (Å²) in [5, 5.41) is 3.78. The van der Waals surface area contributed by atoms with E-state index in [1.54, 1.807) is 0 Å². The lowest BCUT2D eigenvalue weighted by atomic mass is 10.3. The quantitative estimate of drug-likeness (QED) is 0.611. The van der Waals surface area contributed by atoms with Gasteiger partial charge in [0, 0.05) is 10.2 Å². The van der Waals surface area contributed by atoms with E-state index in [1.165, 1.54) is 0 Å². The van der Waals surface area contributed by atoms with Crippen molar-refractivity contribution in [1.82, 2.24) is 9.97 Å². The van der Waals surface area contributed by atoms with Gasteiger partial charge in [0.05, 0.1) is 21.7 Å². The van der Waals surface area contributed by atoms with Crippen molar-refractivity contribution in [2.24, 2.45) is 0 Å². The van der Waals surface area contributed by atoms with Crippen LogP contribution >= 0.6 is 27.5 Å². The summed E-state index contributed by atoms with van der Waals surface area (Å²) >= 11 is 9.53. The number of aromatic nitrogens is 2. The monoisotopic (exact) mass is 336 g/mol. The lowest BCUT2D eigenvalue weighted by Gasteiger charge is -2.05. The molecule has 0 saturated carbocycles. The molecule has 4 nitrogen and oxygen atoms in total. The van der Waals surface area contributed by atoms with Gasteiger partial charge in [-0.1, -0.05) is 27.5 Å². The number of benzene rings is 2. The normalized spacial score (nSPS) is 10.8. The number of rotatable bonds is 2. The molecule has 0 amide bonds. The molecular formula is C13H10BrClN4. The summed E-state index contributed by atoms with van der Waals surface area (Å²) in [6.45, 7) is 0. The number of H-pyrrole nitrogens is 1. The molecule has 1 heterocycles. The van der Waals surface area contributed by atoms with Crippen LogP contribution < -0.4 is 11.1 Å². The van der Waals surface area contributed by atoms with Crippen molar-refractivity contribution >= 4 is 55.9 Å². The van der Waals surface area contributed by atoms with Gasteiger partial charge in [0.25, 0.3) is 0 Å². The van der Waals surface area contributed by atoms with Gasteiger partial charge >= 0.3 is 0 Å². The maximum absolute atomic E-state index is 6.13. The summed E-state index contributed by atoms with van der Waals surface area (Å²) in [7, 11) is 0. The van der Waals surface area contributed by atoms with Crippen LogP contribution in [0.4, 0.5) is 17.3 Å².